The predicted octanol–water partition coefficient (Wildman–Crippen LogP) is 2.10. The van der Waals surface area contributed by atoms with Crippen molar-refractivity contribution in [2.45, 2.75) is 76.4 Å². The van der Waals surface area contributed by atoms with E-state index in [2.05, 4.69) is 10.2 Å². The van der Waals surface area contributed by atoms with Crippen LogP contribution in [-0.2, 0) is 14.3 Å². The third-order valence-electron chi connectivity index (χ3n) is 6.80. The van der Waals surface area contributed by atoms with Gasteiger partial charge in [0.2, 0.25) is 11.8 Å². The minimum atomic E-state index is -0.344. The molecule has 2 amide bonds. The van der Waals surface area contributed by atoms with Gasteiger partial charge in [-0.1, -0.05) is 0 Å². The first-order valence-electron chi connectivity index (χ1n) is 9.47. The van der Waals surface area contributed by atoms with Crippen molar-refractivity contribution in [3.63, 3.8) is 0 Å². The molecule has 3 aliphatic carbocycles. The minimum absolute atomic E-state index is 0.0149. The summed E-state index contributed by atoms with van der Waals surface area (Å²) < 4.78 is 5.19. The lowest BCUT2D eigenvalue weighted by Gasteiger charge is -2.62. The molecule has 0 aromatic rings. The molecule has 0 spiro atoms. The molecule has 24 heavy (non-hydrogen) atoms. The molecule has 0 radical (unpaired) electrons. The molecule has 0 aromatic carbocycles. The molecular formula is C19H30N2O3. The third kappa shape index (κ3) is 2.47. The zero-order chi connectivity index (χ0) is 17.1. The highest BCUT2D eigenvalue weighted by atomic mass is 16.5. The van der Waals surface area contributed by atoms with Crippen molar-refractivity contribution in [3.8, 4) is 0 Å². The monoisotopic (exact) mass is 334 g/mol. The number of carbonyl (C=O) groups is 2. The number of ether oxygens (including phenoxy) is 1. The van der Waals surface area contributed by atoms with Crippen LogP contribution >= 0.6 is 0 Å². The second-order valence-electron chi connectivity index (χ2n) is 9.33. The SMILES string of the molecule is COCC(C)(C)NC(=O)C1C[C@@H]2CC[C@@H](C1)N2C(=O)C12CC(C1)C2. The molecule has 1 N–H and O–H groups in total. The van der Waals surface area contributed by atoms with Crippen LogP contribution in [0.3, 0.4) is 0 Å². The van der Waals surface area contributed by atoms with Gasteiger partial charge in [-0.3, -0.25) is 9.59 Å². The number of amides is 2. The highest BCUT2D eigenvalue weighted by molar-refractivity contribution is 5.87. The zero-order valence-electron chi connectivity index (χ0n) is 15.1. The van der Waals surface area contributed by atoms with Crippen molar-refractivity contribution < 1.29 is 14.3 Å². The van der Waals surface area contributed by atoms with Crippen molar-refractivity contribution in [1.29, 1.82) is 0 Å². The molecule has 5 fully saturated rings. The van der Waals surface area contributed by atoms with Crippen molar-refractivity contribution in [2.24, 2.45) is 17.3 Å². The highest BCUT2D eigenvalue weighted by Gasteiger charge is 2.64. The molecule has 0 unspecified atom stereocenters. The summed E-state index contributed by atoms with van der Waals surface area (Å²) in [5.41, 5.74) is -0.329. The fourth-order valence-electron chi connectivity index (χ4n) is 5.57. The van der Waals surface area contributed by atoms with E-state index in [4.69, 9.17) is 4.74 Å². The highest BCUT2D eigenvalue weighted by Crippen LogP contribution is 2.66. The average molecular weight is 334 g/mol. The van der Waals surface area contributed by atoms with Gasteiger partial charge in [0.1, 0.15) is 0 Å². The number of carbonyl (C=O) groups excluding carboxylic acids is 2. The van der Waals surface area contributed by atoms with E-state index in [1.807, 2.05) is 13.8 Å². The number of hydrogen-bond acceptors (Lipinski definition) is 3. The van der Waals surface area contributed by atoms with E-state index >= 15 is 0 Å². The van der Waals surface area contributed by atoms with Gasteiger partial charge in [0.25, 0.3) is 0 Å². The van der Waals surface area contributed by atoms with Crippen LogP contribution in [0.4, 0.5) is 0 Å². The normalized spacial score (nSPS) is 39.9. The van der Waals surface area contributed by atoms with Gasteiger partial charge in [-0.15, -0.1) is 0 Å². The van der Waals surface area contributed by atoms with Crippen molar-refractivity contribution in [1.82, 2.24) is 10.2 Å². The van der Waals surface area contributed by atoms with Gasteiger partial charge in [-0.2, -0.15) is 0 Å². The molecule has 5 aliphatic rings. The Labute approximate surface area is 144 Å². The van der Waals surface area contributed by atoms with E-state index in [1.54, 1.807) is 7.11 Å². The number of piperidine rings is 1. The summed E-state index contributed by atoms with van der Waals surface area (Å²) in [5, 5.41) is 3.13. The maximum atomic E-state index is 13.0. The third-order valence-corrected chi connectivity index (χ3v) is 6.80. The first-order valence-corrected chi connectivity index (χ1v) is 9.47. The summed E-state index contributed by atoms with van der Waals surface area (Å²) in [5.74, 6) is 1.41. The number of rotatable bonds is 5. The number of nitrogens with zero attached hydrogens (tertiary/aromatic N) is 1. The quantitative estimate of drug-likeness (QED) is 0.837. The summed E-state index contributed by atoms with van der Waals surface area (Å²) in [4.78, 5) is 27.9. The van der Waals surface area contributed by atoms with Crippen LogP contribution in [0, 0.1) is 17.3 Å². The van der Waals surface area contributed by atoms with Crippen LogP contribution in [0.15, 0.2) is 0 Å². The van der Waals surface area contributed by atoms with E-state index in [1.165, 1.54) is 0 Å². The van der Waals surface area contributed by atoms with Crippen LogP contribution in [0.1, 0.15) is 58.8 Å². The lowest BCUT2D eigenvalue weighted by Crippen LogP contribution is -2.64. The molecule has 5 rings (SSSR count). The topological polar surface area (TPSA) is 58.6 Å². The van der Waals surface area contributed by atoms with Gasteiger partial charge >= 0.3 is 0 Å². The summed E-state index contributed by atoms with van der Waals surface area (Å²) in [7, 11) is 1.66. The Morgan fingerprint density at radius 3 is 2.21 bits per heavy atom. The number of nitrogens with one attached hydrogen (secondary N) is 1. The molecule has 4 bridgehead atoms. The van der Waals surface area contributed by atoms with Crippen LogP contribution in [0.2, 0.25) is 0 Å². The molecule has 2 saturated heterocycles. The molecular weight excluding hydrogens is 304 g/mol. The Balaban J connectivity index is 1.39. The van der Waals surface area contributed by atoms with E-state index < -0.39 is 0 Å². The van der Waals surface area contributed by atoms with Crippen LogP contribution in [0.5, 0.6) is 0 Å². The summed E-state index contributed by atoms with van der Waals surface area (Å²) in [6, 6.07) is 0.568. The van der Waals surface area contributed by atoms with Crippen LogP contribution < -0.4 is 5.32 Å². The first-order chi connectivity index (χ1) is 11.3. The maximum absolute atomic E-state index is 13.0. The molecule has 3 saturated carbocycles. The van der Waals surface area contributed by atoms with Crippen molar-refractivity contribution in [2.75, 3.05) is 13.7 Å². The van der Waals surface area contributed by atoms with Gasteiger partial charge in [-0.05, 0) is 64.7 Å². The van der Waals surface area contributed by atoms with E-state index in [0.29, 0.717) is 12.5 Å². The molecule has 5 nitrogen and oxygen atoms in total. The molecule has 5 heteroatoms. The van der Waals surface area contributed by atoms with Gasteiger partial charge in [-0.25, -0.2) is 0 Å². The standard InChI is InChI=1S/C19H30N2O3/c1-18(2,11-24-3)20-16(22)13-6-14-4-5-15(7-13)21(14)17(23)19-8-12(9-19)10-19/h12-15H,4-11H2,1-3H3,(H,20,22)/t12?,14-,15-,19?/m0/s1. The largest absolute Gasteiger partial charge is 0.382 e. The van der Waals surface area contributed by atoms with Gasteiger partial charge in [0, 0.05) is 25.1 Å². The molecule has 2 atom stereocenters. The lowest BCUT2D eigenvalue weighted by molar-refractivity contribution is -0.182. The fourth-order valence-corrected chi connectivity index (χ4v) is 5.57. The Morgan fingerprint density at radius 2 is 1.75 bits per heavy atom. The molecule has 134 valence electrons. The Morgan fingerprint density at radius 1 is 1.17 bits per heavy atom. The van der Waals surface area contributed by atoms with Gasteiger partial charge in [0.05, 0.1) is 17.6 Å². The fraction of sp³-hybridized carbons (Fsp3) is 0.895. The van der Waals surface area contributed by atoms with Gasteiger partial charge < -0.3 is 15.0 Å². The molecule has 2 heterocycles. The number of methoxy groups -OCH3 is 1. The lowest BCUT2D eigenvalue weighted by atomic mass is 9.44. The minimum Gasteiger partial charge on any atom is -0.382 e. The number of hydrogen-bond donors (Lipinski definition) is 1. The molecule has 0 aromatic heterocycles. The summed E-state index contributed by atoms with van der Waals surface area (Å²) in [6.07, 6.45) is 7.17. The van der Waals surface area contributed by atoms with Crippen LogP contribution in [0.25, 0.3) is 0 Å². The van der Waals surface area contributed by atoms with E-state index in [9.17, 15) is 9.59 Å². The second kappa shape index (κ2) is 5.45. The van der Waals surface area contributed by atoms with E-state index in [0.717, 1.165) is 50.9 Å². The predicted molar refractivity (Wildman–Crippen MR) is 90.3 cm³/mol. The van der Waals surface area contributed by atoms with Crippen molar-refractivity contribution in [3.05, 3.63) is 0 Å². The molecule has 2 aliphatic heterocycles. The summed E-state index contributed by atoms with van der Waals surface area (Å²) >= 11 is 0. The van der Waals surface area contributed by atoms with Crippen molar-refractivity contribution >= 4 is 11.8 Å². The Kier molecular flexibility index (Phi) is 3.72. The number of fused-ring (bicyclic) bond motifs is 2. The average Bonchev–Trinajstić information content (AvgIpc) is 2.64. The van der Waals surface area contributed by atoms with Gasteiger partial charge in [0.15, 0.2) is 0 Å². The van der Waals surface area contributed by atoms with E-state index in [-0.39, 0.29) is 34.9 Å². The Hall–Kier alpha value is -1.10. The Bertz CT molecular complexity index is 528. The van der Waals surface area contributed by atoms with Crippen LogP contribution in [-0.4, -0.2) is 48.1 Å². The first kappa shape index (κ1) is 16.4. The zero-order valence-corrected chi connectivity index (χ0v) is 15.1. The second-order valence-corrected chi connectivity index (χ2v) is 9.33. The summed E-state index contributed by atoms with van der Waals surface area (Å²) in [6.45, 7) is 4.49. The maximum Gasteiger partial charge on any atom is 0.229 e. The smallest absolute Gasteiger partial charge is 0.229 e.